The lowest BCUT2D eigenvalue weighted by molar-refractivity contribution is 0.102. The second kappa shape index (κ2) is 7.46. The van der Waals surface area contributed by atoms with Crippen molar-refractivity contribution in [3.63, 3.8) is 0 Å². The van der Waals surface area contributed by atoms with Gasteiger partial charge in [-0.25, -0.2) is 8.42 Å². The summed E-state index contributed by atoms with van der Waals surface area (Å²) < 4.78 is 27.1. The number of hydrogen-bond donors (Lipinski definition) is 1. The number of para-hydroxylation sites is 1. The summed E-state index contributed by atoms with van der Waals surface area (Å²) in [6.07, 6.45) is 0. The van der Waals surface area contributed by atoms with E-state index < -0.39 is 10.0 Å². The number of hydrogen-bond acceptors (Lipinski definition) is 3. The van der Waals surface area contributed by atoms with Crippen molar-refractivity contribution in [1.82, 2.24) is 4.31 Å². The molecule has 2 aromatic carbocycles. The molecule has 1 amide bonds. The van der Waals surface area contributed by atoms with Crippen LogP contribution in [-0.2, 0) is 10.0 Å². The molecule has 2 aromatic rings. The third kappa shape index (κ3) is 4.03. The lowest BCUT2D eigenvalue weighted by Gasteiger charge is -2.21. The first-order chi connectivity index (χ1) is 11.2. The van der Waals surface area contributed by atoms with Crippen molar-refractivity contribution >= 4 is 37.5 Å². The summed E-state index contributed by atoms with van der Waals surface area (Å²) in [6, 6.07) is 13.1. The molecule has 1 N–H and O–H groups in total. The number of nitrogens with one attached hydrogen (secondary N) is 1. The maximum absolute atomic E-state index is 12.5. The Labute approximate surface area is 150 Å². The number of carbonyl (C=O) groups is 1. The number of halogens is 1. The first-order valence-corrected chi connectivity index (χ1v) is 9.61. The SMILES string of the molecule is CC(C)N(C)S(=O)(=O)c1cccc(C(=O)Nc2ccccc2Br)c1. The van der Waals surface area contributed by atoms with Crippen molar-refractivity contribution in [2.45, 2.75) is 24.8 Å². The van der Waals surface area contributed by atoms with Crippen LogP contribution in [0.2, 0.25) is 0 Å². The minimum atomic E-state index is -3.63. The molecule has 7 heteroatoms. The molecular weight excluding hydrogens is 392 g/mol. The summed E-state index contributed by atoms with van der Waals surface area (Å²) in [5.41, 5.74) is 0.902. The van der Waals surface area contributed by atoms with E-state index in [1.807, 2.05) is 12.1 Å². The number of carbonyl (C=O) groups excluding carboxylic acids is 1. The molecule has 0 aliphatic rings. The van der Waals surface area contributed by atoms with Gasteiger partial charge in [0.05, 0.1) is 10.6 Å². The number of benzene rings is 2. The fourth-order valence-electron chi connectivity index (χ4n) is 2.00. The average molecular weight is 411 g/mol. The van der Waals surface area contributed by atoms with E-state index in [1.54, 1.807) is 38.1 Å². The van der Waals surface area contributed by atoms with E-state index in [4.69, 9.17) is 0 Å². The van der Waals surface area contributed by atoms with Gasteiger partial charge < -0.3 is 5.32 Å². The highest BCUT2D eigenvalue weighted by molar-refractivity contribution is 9.10. The number of anilines is 1. The van der Waals surface area contributed by atoms with Crippen LogP contribution in [0.3, 0.4) is 0 Å². The van der Waals surface area contributed by atoms with E-state index in [0.717, 1.165) is 4.47 Å². The van der Waals surface area contributed by atoms with E-state index in [9.17, 15) is 13.2 Å². The fourth-order valence-corrected chi connectivity index (χ4v) is 3.80. The molecule has 0 radical (unpaired) electrons. The van der Waals surface area contributed by atoms with Crippen LogP contribution in [0, 0.1) is 0 Å². The van der Waals surface area contributed by atoms with Crippen molar-refractivity contribution in [3.05, 3.63) is 58.6 Å². The van der Waals surface area contributed by atoms with Gasteiger partial charge in [0, 0.05) is 23.1 Å². The van der Waals surface area contributed by atoms with Gasteiger partial charge in [-0.2, -0.15) is 4.31 Å². The maximum Gasteiger partial charge on any atom is 0.255 e. The Hall–Kier alpha value is -1.70. The van der Waals surface area contributed by atoms with Gasteiger partial charge in [0.25, 0.3) is 5.91 Å². The van der Waals surface area contributed by atoms with Crippen LogP contribution in [0.5, 0.6) is 0 Å². The Morgan fingerprint density at radius 1 is 1.12 bits per heavy atom. The first-order valence-electron chi connectivity index (χ1n) is 7.37. The highest BCUT2D eigenvalue weighted by Gasteiger charge is 2.24. The summed E-state index contributed by atoms with van der Waals surface area (Å²) in [7, 11) is -2.11. The minimum absolute atomic E-state index is 0.0958. The van der Waals surface area contributed by atoms with Crippen LogP contribution in [-0.4, -0.2) is 31.7 Å². The largest absolute Gasteiger partial charge is 0.321 e. The Balaban J connectivity index is 2.31. The van der Waals surface area contributed by atoms with Crippen molar-refractivity contribution in [1.29, 1.82) is 0 Å². The number of nitrogens with zero attached hydrogens (tertiary/aromatic N) is 1. The van der Waals surface area contributed by atoms with Gasteiger partial charge in [0.15, 0.2) is 0 Å². The van der Waals surface area contributed by atoms with Crippen LogP contribution in [0.1, 0.15) is 24.2 Å². The standard InChI is InChI=1S/C17H19BrN2O3S/c1-12(2)20(3)24(22,23)14-8-6-7-13(11-14)17(21)19-16-10-5-4-9-15(16)18/h4-12H,1-3H3,(H,19,21). The molecule has 5 nitrogen and oxygen atoms in total. The van der Waals surface area contributed by atoms with E-state index in [0.29, 0.717) is 5.69 Å². The lowest BCUT2D eigenvalue weighted by atomic mass is 10.2. The molecule has 24 heavy (non-hydrogen) atoms. The zero-order valence-corrected chi connectivity index (χ0v) is 16.1. The molecule has 0 atom stereocenters. The molecule has 0 aliphatic heterocycles. The van der Waals surface area contributed by atoms with Gasteiger partial charge in [-0.1, -0.05) is 18.2 Å². The number of sulfonamides is 1. The van der Waals surface area contributed by atoms with Crippen LogP contribution in [0.4, 0.5) is 5.69 Å². The predicted molar refractivity (Wildman–Crippen MR) is 98.6 cm³/mol. The molecule has 128 valence electrons. The average Bonchev–Trinajstić information content (AvgIpc) is 2.56. The molecule has 0 fully saturated rings. The van der Waals surface area contributed by atoms with Gasteiger partial charge in [0.1, 0.15) is 0 Å². The molecule has 0 heterocycles. The lowest BCUT2D eigenvalue weighted by Crippen LogP contribution is -2.33. The zero-order valence-electron chi connectivity index (χ0n) is 13.7. The molecular formula is C17H19BrN2O3S. The van der Waals surface area contributed by atoms with E-state index in [1.165, 1.54) is 23.5 Å². The normalized spacial score (nSPS) is 11.8. The van der Waals surface area contributed by atoms with Gasteiger partial charge >= 0.3 is 0 Å². The Kier molecular flexibility index (Phi) is 5.79. The summed E-state index contributed by atoms with van der Waals surface area (Å²) in [5.74, 6) is -0.369. The van der Waals surface area contributed by atoms with Gasteiger partial charge in [-0.3, -0.25) is 4.79 Å². The molecule has 0 spiro atoms. The van der Waals surface area contributed by atoms with Gasteiger partial charge in [0.2, 0.25) is 10.0 Å². The number of rotatable bonds is 5. The molecule has 0 bridgehead atoms. The Morgan fingerprint density at radius 3 is 2.42 bits per heavy atom. The molecule has 2 rings (SSSR count). The smallest absolute Gasteiger partial charge is 0.255 e. The summed E-state index contributed by atoms with van der Waals surface area (Å²) in [4.78, 5) is 12.5. The van der Waals surface area contributed by atoms with E-state index in [-0.39, 0.29) is 22.4 Å². The Bertz CT molecular complexity index is 850. The predicted octanol–water partition coefficient (Wildman–Crippen LogP) is 3.73. The maximum atomic E-state index is 12.5. The summed E-state index contributed by atoms with van der Waals surface area (Å²) in [5, 5.41) is 2.76. The fraction of sp³-hybridized carbons (Fsp3) is 0.235. The van der Waals surface area contributed by atoms with Crippen molar-refractivity contribution < 1.29 is 13.2 Å². The third-order valence-corrected chi connectivity index (χ3v) is 6.34. The van der Waals surface area contributed by atoms with Crippen molar-refractivity contribution in [2.75, 3.05) is 12.4 Å². The third-order valence-electron chi connectivity index (χ3n) is 3.62. The first kappa shape index (κ1) is 18.6. The summed E-state index contributed by atoms with van der Waals surface area (Å²) in [6.45, 7) is 3.59. The topological polar surface area (TPSA) is 66.5 Å². The van der Waals surface area contributed by atoms with E-state index in [2.05, 4.69) is 21.2 Å². The van der Waals surface area contributed by atoms with Gasteiger partial charge in [-0.05, 0) is 60.1 Å². The highest BCUT2D eigenvalue weighted by Crippen LogP contribution is 2.23. The molecule has 0 aliphatic carbocycles. The highest BCUT2D eigenvalue weighted by atomic mass is 79.9. The van der Waals surface area contributed by atoms with Crippen LogP contribution < -0.4 is 5.32 Å². The van der Waals surface area contributed by atoms with E-state index >= 15 is 0 Å². The second-order valence-corrected chi connectivity index (χ2v) is 8.43. The quantitative estimate of drug-likeness (QED) is 0.816. The number of amides is 1. The molecule has 0 saturated carbocycles. The zero-order chi connectivity index (χ0) is 17.9. The monoisotopic (exact) mass is 410 g/mol. The molecule has 0 saturated heterocycles. The second-order valence-electron chi connectivity index (χ2n) is 5.58. The molecule has 0 unspecified atom stereocenters. The summed E-state index contributed by atoms with van der Waals surface area (Å²) >= 11 is 3.36. The molecule has 0 aromatic heterocycles. The van der Waals surface area contributed by atoms with Crippen LogP contribution in [0.25, 0.3) is 0 Å². The Morgan fingerprint density at radius 2 is 1.79 bits per heavy atom. The van der Waals surface area contributed by atoms with Crippen LogP contribution >= 0.6 is 15.9 Å². The van der Waals surface area contributed by atoms with Gasteiger partial charge in [-0.15, -0.1) is 0 Å². The van der Waals surface area contributed by atoms with Crippen LogP contribution in [0.15, 0.2) is 57.9 Å². The minimum Gasteiger partial charge on any atom is -0.321 e. The van der Waals surface area contributed by atoms with Crippen molar-refractivity contribution in [2.24, 2.45) is 0 Å². The van der Waals surface area contributed by atoms with Crippen molar-refractivity contribution in [3.8, 4) is 0 Å².